The molecule has 2 heterocycles. The molecule has 1 aliphatic heterocycles. The van der Waals surface area contributed by atoms with E-state index in [1.165, 1.54) is 0 Å². The number of halogens is 1. The monoisotopic (exact) mass is 323 g/mol. The fraction of sp³-hybridized carbons (Fsp3) is 0.467. The van der Waals surface area contributed by atoms with Gasteiger partial charge in [-0.3, -0.25) is 0 Å². The van der Waals surface area contributed by atoms with Gasteiger partial charge in [0, 0.05) is 24.2 Å². The number of carbonyl (C=O) groups is 1. The minimum Gasteiger partial charge on any atom is -0.450 e. The fourth-order valence-electron chi connectivity index (χ4n) is 2.58. The summed E-state index contributed by atoms with van der Waals surface area (Å²) >= 11 is 5.96. The van der Waals surface area contributed by atoms with Gasteiger partial charge in [0.15, 0.2) is 5.58 Å². The van der Waals surface area contributed by atoms with Crippen molar-refractivity contribution < 1.29 is 13.9 Å². The van der Waals surface area contributed by atoms with Crippen molar-refractivity contribution in [1.29, 1.82) is 0 Å². The normalized spacial score (nSPS) is 16.0. The molecule has 0 radical (unpaired) electrons. The Labute approximate surface area is 133 Å². The Morgan fingerprint density at radius 2 is 2.27 bits per heavy atom. The fourth-order valence-corrected chi connectivity index (χ4v) is 2.74. The van der Waals surface area contributed by atoms with Crippen molar-refractivity contribution in [2.45, 2.75) is 25.8 Å². The van der Waals surface area contributed by atoms with Crippen LogP contribution in [-0.2, 0) is 4.74 Å². The number of anilines is 1. The molecule has 1 aromatic heterocycles. The average Bonchev–Trinajstić information content (AvgIpc) is 2.91. The number of alkyl carbamates (subject to hydrolysis) is 1. The van der Waals surface area contributed by atoms with E-state index >= 15 is 0 Å². The van der Waals surface area contributed by atoms with Gasteiger partial charge in [0.2, 0.25) is 0 Å². The van der Waals surface area contributed by atoms with E-state index in [1.54, 1.807) is 19.1 Å². The zero-order chi connectivity index (χ0) is 15.5. The van der Waals surface area contributed by atoms with Gasteiger partial charge in [-0.1, -0.05) is 11.6 Å². The van der Waals surface area contributed by atoms with Gasteiger partial charge in [0.05, 0.1) is 6.61 Å². The Bertz CT molecular complexity index is 665. The number of nitrogens with zero attached hydrogens (tertiary/aromatic N) is 2. The number of rotatable bonds is 3. The molecule has 0 spiro atoms. The van der Waals surface area contributed by atoms with Crippen LogP contribution in [0.2, 0.25) is 5.02 Å². The molecule has 1 amide bonds. The van der Waals surface area contributed by atoms with Crippen LogP contribution in [-0.4, -0.2) is 36.8 Å². The van der Waals surface area contributed by atoms with E-state index in [2.05, 4.69) is 15.2 Å². The second-order valence-electron chi connectivity index (χ2n) is 5.23. The molecule has 0 bridgehead atoms. The van der Waals surface area contributed by atoms with Crippen molar-refractivity contribution in [3.63, 3.8) is 0 Å². The lowest BCUT2D eigenvalue weighted by molar-refractivity contribution is 0.146. The second kappa shape index (κ2) is 6.44. The second-order valence-corrected chi connectivity index (χ2v) is 5.67. The Morgan fingerprint density at radius 1 is 1.50 bits per heavy atom. The number of nitrogens with one attached hydrogen (secondary N) is 1. The standard InChI is InChI=1S/C15H18ClN3O3/c1-2-21-15(20)17-11-5-7-19(8-6-11)14-18-12-9-10(16)3-4-13(12)22-14/h3-4,9,11H,2,5-8H2,1H3,(H,17,20). The average molecular weight is 324 g/mol. The Hall–Kier alpha value is -1.95. The number of hydrogen-bond acceptors (Lipinski definition) is 5. The molecule has 2 aromatic rings. The van der Waals surface area contributed by atoms with E-state index in [0.29, 0.717) is 17.6 Å². The third-order valence-electron chi connectivity index (χ3n) is 3.70. The number of ether oxygens (including phenoxy) is 1. The van der Waals surface area contributed by atoms with Gasteiger partial charge in [0.1, 0.15) is 5.52 Å². The number of piperidine rings is 1. The third kappa shape index (κ3) is 3.27. The molecule has 1 fully saturated rings. The molecule has 118 valence electrons. The smallest absolute Gasteiger partial charge is 0.407 e. The Balaban J connectivity index is 1.61. The molecule has 1 N–H and O–H groups in total. The lowest BCUT2D eigenvalue weighted by atomic mass is 10.1. The molecule has 6 nitrogen and oxygen atoms in total. The van der Waals surface area contributed by atoms with Crippen molar-refractivity contribution in [2.75, 3.05) is 24.6 Å². The van der Waals surface area contributed by atoms with Crippen molar-refractivity contribution in [1.82, 2.24) is 10.3 Å². The van der Waals surface area contributed by atoms with E-state index in [0.717, 1.165) is 37.0 Å². The lowest BCUT2D eigenvalue weighted by Gasteiger charge is -2.30. The van der Waals surface area contributed by atoms with Crippen molar-refractivity contribution in [3.05, 3.63) is 23.2 Å². The van der Waals surface area contributed by atoms with Crippen molar-refractivity contribution in [2.24, 2.45) is 0 Å². The number of aromatic nitrogens is 1. The first-order valence-corrected chi connectivity index (χ1v) is 7.78. The van der Waals surface area contributed by atoms with Gasteiger partial charge in [-0.05, 0) is 38.0 Å². The molecule has 0 unspecified atom stereocenters. The lowest BCUT2D eigenvalue weighted by Crippen LogP contribution is -2.45. The van der Waals surface area contributed by atoms with E-state index in [-0.39, 0.29) is 12.1 Å². The maximum absolute atomic E-state index is 11.4. The molecule has 3 rings (SSSR count). The van der Waals surface area contributed by atoms with Crippen LogP contribution in [0.15, 0.2) is 22.6 Å². The summed E-state index contributed by atoms with van der Waals surface area (Å²) < 4.78 is 10.7. The summed E-state index contributed by atoms with van der Waals surface area (Å²) in [4.78, 5) is 18.0. The SMILES string of the molecule is CCOC(=O)NC1CCN(c2nc3cc(Cl)ccc3o2)CC1. The van der Waals surface area contributed by atoms with Crippen molar-refractivity contribution >= 4 is 34.8 Å². The summed E-state index contributed by atoms with van der Waals surface area (Å²) in [5, 5.41) is 3.51. The maximum Gasteiger partial charge on any atom is 0.407 e. The third-order valence-corrected chi connectivity index (χ3v) is 3.94. The Morgan fingerprint density at radius 3 is 3.00 bits per heavy atom. The molecule has 22 heavy (non-hydrogen) atoms. The van der Waals surface area contributed by atoms with Gasteiger partial charge >= 0.3 is 6.09 Å². The van der Waals surface area contributed by atoms with Crippen LogP contribution >= 0.6 is 11.6 Å². The van der Waals surface area contributed by atoms with Crippen molar-refractivity contribution in [3.8, 4) is 0 Å². The summed E-state index contributed by atoms with van der Waals surface area (Å²) in [6.07, 6.45) is 1.31. The molecule has 0 saturated carbocycles. The molecular weight excluding hydrogens is 306 g/mol. The van der Waals surface area contributed by atoms with E-state index in [9.17, 15) is 4.79 Å². The maximum atomic E-state index is 11.4. The summed E-state index contributed by atoms with van der Waals surface area (Å²) in [6.45, 7) is 3.73. The number of benzene rings is 1. The van der Waals surface area contributed by atoms with Gasteiger partial charge in [0.25, 0.3) is 6.01 Å². The largest absolute Gasteiger partial charge is 0.450 e. The number of fused-ring (bicyclic) bond motifs is 1. The van der Waals surface area contributed by atoms with Crippen LogP contribution in [0.1, 0.15) is 19.8 Å². The number of carbonyl (C=O) groups excluding carboxylic acids is 1. The molecular formula is C15H18ClN3O3. The van der Waals surface area contributed by atoms with E-state index in [4.69, 9.17) is 20.8 Å². The van der Waals surface area contributed by atoms with Gasteiger partial charge < -0.3 is 19.4 Å². The first-order valence-electron chi connectivity index (χ1n) is 7.40. The molecule has 1 aliphatic rings. The van der Waals surface area contributed by atoms with Crippen LogP contribution < -0.4 is 10.2 Å². The molecule has 1 aromatic carbocycles. The summed E-state index contributed by atoms with van der Waals surface area (Å²) in [5.41, 5.74) is 1.49. The molecule has 0 aliphatic carbocycles. The number of oxazole rings is 1. The summed E-state index contributed by atoms with van der Waals surface area (Å²) in [6, 6.07) is 6.14. The van der Waals surface area contributed by atoms with E-state index in [1.807, 2.05) is 6.07 Å². The zero-order valence-corrected chi connectivity index (χ0v) is 13.1. The first kappa shape index (κ1) is 15.0. The summed E-state index contributed by atoms with van der Waals surface area (Å²) in [5.74, 6) is 0. The highest BCUT2D eigenvalue weighted by molar-refractivity contribution is 6.31. The van der Waals surface area contributed by atoms with Crippen LogP contribution in [0.25, 0.3) is 11.1 Å². The minimum atomic E-state index is -0.350. The minimum absolute atomic E-state index is 0.133. The quantitative estimate of drug-likeness (QED) is 0.939. The van der Waals surface area contributed by atoms with Crippen LogP contribution in [0.5, 0.6) is 0 Å². The highest BCUT2D eigenvalue weighted by Gasteiger charge is 2.24. The highest BCUT2D eigenvalue weighted by Crippen LogP contribution is 2.26. The van der Waals surface area contributed by atoms with Crippen LogP contribution in [0.4, 0.5) is 10.8 Å². The summed E-state index contributed by atoms with van der Waals surface area (Å²) in [7, 11) is 0. The number of amides is 1. The first-order chi connectivity index (χ1) is 10.7. The molecule has 1 saturated heterocycles. The zero-order valence-electron chi connectivity index (χ0n) is 12.3. The van der Waals surface area contributed by atoms with E-state index < -0.39 is 0 Å². The van der Waals surface area contributed by atoms with Gasteiger partial charge in [-0.2, -0.15) is 4.98 Å². The topological polar surface area (TPSA) is 67.6 Å². The molecule has 7 heteroatoms. The predicted octanol–water partition coefficient (Wildman–Crippen LogP) is 3.20. The highest BCUT2D eigenvalue weighted by atomic mass is 35.5. The Kier molecular flexibility index (Phi) is 4.38. The van der Waals surface area contributed by atoms with Crippen LogP contribution in [0.3, 0.4) is 0 Å². The number of hydrogen-bond donors (Lipinski definition) is 1. The predicted molar refractivity (Wildman–Crippen MR) is 84.4 cm³/mol. The van der Waals surface area contributed by atoms with Crippen LogP contribution in [0, 0.1) is 0 Å². The molecule has 0 atom stereocenters. The van der Waals surface area contributed by atoms with Gasteiger partial charge in [-0.25, -0.2) is 4.79 Å². The van der Waals surface area contributed by atoms with Gasteiger partial charge in [-0.15, -0.1) is 0 Å².